The highest BCUT2D eigenvalue weighted by atomic mass is 14.3. The molecule has 3 aromatic carbocycles. The molecule has 0 saturated carbocycles. The van der Waals surface area contributed by atoms with Gasteiger partial charge >= 0.3 is 0 Å². The lowest BCUT2D eigenvalue weighted by Crippen LogP contribution is -2.14. The molecule has 0 amide bonds. The van der Waals surface area contributed by atoms with Crippen molar-refractivity contribution in [3.63, 3.8) is 0 Å². The molecule has 1 heteroatoms. The van der Waals surface area contributed by atoms with Crippen molar-refractivity contribution >= 4 is 0 Å². The van der Waals surface area contributed by atoms with E-state index in [4.69, 9.17) is 11.7 Å². The van der Waals surface area contributed by atoms with Gasteiger partial charge in [-0.1, -0.05) is 69.2 Å². The van der Waals surface area contributed by atoms with Crippen molar-refractivity contribution in [3.8, 4) is 40.7 Å². The van der Waals surface area contributed by atoms with E-state index in [1.54, 1.807) is 0 Å². The van der Waals surface area contributed by atoms with Crippen molar-refractivity contribution in [2.24, 2.45) is 0 Å². The Morgan fingerprint density at radius 1 is 0.731 bits per heavy atom. The molecule has 3 aromatic rings. The summed E-state index contributed by atoms with van der Waals surface area (Å²) in [5.41, 5.74) is 7.49. The van der Waals surface area contributed by atoms with Crippen LogP contribution in [-0.4, -0.2) is 0 Å². The summed E-state index contributed by atoms with van der Waals surface area (Å²) in [6, 6.07) is 24.5. The fourth-order valence-corrected chi connectivity index (χ4v) is 3.31. The van der Waals surface area contributed by atoms with Gasteiger partial charge in [-0.15, -0.1) is 6.42 Å². The predicted molar refractivity (Wildman–Crippen MR) is 109 cm³/mol. The third-order valence-corrected chi connectivity index (χ3v) is 4.50. The Morgan fingerprint density at radius 2 is 1.19 bits per heavy atom. The first kappa shape index (κ1) is 17.5. The summed E-state index contributed by atoms with van der Waals surface area (Å²) in [7, 11) is 0. The van der Waals surface area contributed by atoms with Gasteiger partial charge in [-0.05, 0) is 57.5 Å². The molecule has 126 valence electrons. The van der Waals surface area contributed by atoms with Crippen LogP contribution in [0.4, 0.5) is 0 Å². The van der Waals surface area contributed by atoms with Gasteiger partial charge < -0.3 is 0 Å². The van der Waals surface area contributed by atoms with E-state index >= 15 is 0 Å². The fourth-order valence-electron chi connectivity index (χ4n) is 3.31. The Labute approximate surface area is 155 Å². The summed E-state index contributed by atoms with van der Waals surface area (Å²) in [5, 5.41) is 9.05. The van der Waals surface area contributed by atoms with Gasteiger partial charge in [0.15, 0.2) is 0 Å². The summed E-state index contributed by atoms with van der Waals surface area (Å²) < 4.78 is 0. The maximum atomic E-state index is 9.05. The van der Waals surface area contributed by atoms with Gasteiger partial charge in [-0.2, -0.15) is 5.26 Å². The van der Waals surface area contributed by atoms with Crippen LogP contribution in [0.25, 0.3) is 22.3 Å². The normalized spacial score (nSPS) is 10.8. The van der Waals surface area contributed by atoms with Crippen LogP contribution in [0, 0.1) is 23.7 Å². The third kappa shape index (κ3) is 3.39. The molecule has 0 aliphatic rings. The molecule has 0 aliphatic heterocycles. The minimum atomic E-state index is -0.0371. The van der Waals surface area contributed by atoms with E-state index < -0.39 is 0 Å². The van der Waals surface area contributed by atoms with Gasteiger partial charge in [0.2, 0.25) is 0 Å². The second-order valence-corrected chi connectivity index (χ2v) is 7.39. The first-order chi connectivity index (χ1) is 12.4. The average Bonchev–Trinajstić information content (AvgIpc) is 2.67. The van der Waals surface area contributed by atoms with Crippen LogP contribution >= 0.6 is 0 Å². The molecular weight excluding hydrogens is 314 g/mol. The van der Waals surface area contributed by atoms with Crippen LogP contribution in [0.15, 0.2) is 66.7 Å². The molecule has 0 heterocycles. The highest BCUT2D eigenvalue weighted by molar-refractivity contribution is 5.80. The molecule has 0 aromatic heterocycles. The highest BCUT2D eigenvalue weighted by Gasteiger charge is 2.23. The zero-order valence-corrected chi connectivity index (χ0v) is 15.4. The monoisotopic (exact) mass is 335 g/mol. The Kier molecular flexibility index (Phi) is 4.66. The van der Waals surface area contributed by atoms with Crippen molar-refractivity contribution in [1.82, 2.24) is 0 Å². The quantitative estimate of drug-likeness (QED) is 0.514. The molecule has 0 aliphatic carbocycles. The van der Waals surface area contributed by atoms with Crippen LogP contribution < -0.4 is 0 Å². The van der Waals surface area contributed by atoms with E-state index in [9.17, 15) is 0 Å². The van der Waals surface area contributed by atoms with E-state index in [1.165, 1.54) is 16.7 Å². The summed E-state index contributed by atoms with van der Waals surface area (Å²) in [6.45, 7) is 6.69. The molecule has 0 unspecified atom stereocenters. The number of nitrogens with zero attached hydrogens (tertiary/aromatic N) is 1. The summed E-state index contributed by atoms with van der Waals surface area (Å²) >= 11 is 0. The van der Waals surface area contributed by atoms with E-state index in [1.807, 2.05) is 36.4 Å². The second-order valence-electron chi connectivity index (χ2n) is 7.39. The molecule has 3 rings (SSSR count). The largest absolute Gasteiger partial charge is 0.192 e. The zero-order chi connectivity index (χ0) is 18.7. The van der Waals surface area contributed by atoms with Gasteiger partial charge in [0, 0.05) is 5.56 Å². The van der Waals surface area contributed by atoms with Gasteiger partial charge in [0.25, 0.3) is 0 Å². The highest BCUT2D eigenvalue weighted by Crippen LogP contribution is 2.40. The Bertz CT molecular complexity index is 926. The van der Waals surface area contributed by atoms with Gasteiger partial charge in [0.1, 0.15) is 0 Å². The average molecular weight is 335 g/mol. The molecular formula is C25H21N. The second kappa shape index (κ2) is 6.91. The van der Waals surface area contributed by atoms with E-state index in [0.717, 1.165) is 16.7 Å². The fraction of sp³-hybridized carbons (Fsp3) is 0.160. The van der Waals surface area contributed by atoms with Crippen molar-refractivity contribution in [1.29, 1.82) is 5.26 Å². The van der Waals surface area contributed by atoms with E-state index in [0.29, 0.717) is 5.56 Å². The van der Waals surface area contributed by atoms with E-state index in [2.05, 4.69) is 63.1 Å². The topological polar surface area (TPSA) is 23.8 Å². The molecule has 0 atom stereocenters. The number of nitriles is 1. The van der Waals surface area contributed by atoms with Crippen LogP contribution in [-0.2, 0) is 5.41 Å². The Hall–Kier alpha value is -3.29. The van der Waals surface area contributed by atoms with Gasteiger partial charge in [-0.25, -0.2) is 0 Å². The number of hydrogen-bond acceptors (Lipinski definition) is 1. The smallest absolute Gasteiger partial charge is 0.0991 e. The maximum absolute atomic E-state index is 9.05. The standard InChI is InChI=1S/C25H21N/c1-5-18-9-13-20(14-10-18)22-7-6-8-23(24(22)25(2,3)4)21-15-11-19(17-26)12-16-21/h1,6-16H,2-4H3. The lowest BCUT2D eigenvalue weighted by Gasteiger charge is -2.27. The van der Waals surface area contributed by atoms with Crippen LogP contribution in [0.3, 0.4) is 0 Å². The number of benzene rings is 3. The van der Waals surface area contributed by atoms with Crippen molar-refractivity contribution in [2.45, 2.75) is 26.2 Å². The van der Waals surface area contributed by atoms with Crippen LogP contribution in [0.5, 0.6) is 0 Å². The number of terminal acetylenes is 1. The Morgan fingerprint density at radius 3 is 1.58 bits per heavy atom. The molecule has 1 nitrogen and oxygen atoms in total. The van der Waals surface area contributed by atoms with Crippen molar-refractivity contribution in [3.05, 3.63) is 83.4 Å². The summed E-state index contributed by atoms with van der Waals surface area (Å²) in [6.07, 6.45) is 5.49. The lowest BCUT2D eigenvalue weighted by molar-refractivity contribution is 0.593. The van der Waals surface area contributed by atoms with E-state index in [-0.39, 0.29) is 5.41 Å². The van der Waals surface area contributed by atoms with Gasteiger partial charge in [0.05, 0.1) is 11.6 Å². The summed E-state index contributed by atoms with van der Waals surface area (Å²) in [5.74, 6) is 2.67. The van der Waals surface area contributed by atoms with Crippen molar-refractivity contribution in [2.75, 3.05) is 0 Å². The molecule has 26 heavy (non-hydrogen) atoms. The maximum Gasteiger partial charge on any atom is 0.0991 e. The van der Waals surface area contributed by atoms with Crippen LogP contribution in [0.2, 0.25) is 0 Å². The Balaban J connectivity index is 2.22. The van der Waals surface area contributed by atoms with Crippen LogP contribution in [0.1, 0.15) is 37.5 Å². The van der Waals surface area contributed by atoms with Crippen molar-refractivity contribution < 1.29 is 0 Å². The molecule has 0 radical (unpaired) electrons. The molecule has 0 fully saturated rings. The third-order valence-electron chi connectivity index (χ3n) is 4.50. The molecule has 0 N–H and O–H groups in total. The minimum absolute atomic E-state index is 0.0371. The SMILES string of the molecule is C#Cc1ccc(-c2cccc(-c3ccc(C#N)cc3)c2C(C)(C)C)cc1. The number of rotatable bonds is 2. The first-order valence-electron chi connectivity index (χ1n) is 8.65. The predicted octanol–water partition coefficient (Wildman–Crippen LogP) is 6.17. The van der Waals surface area contributed by atoms with Gasteiger partial charge in [-0.3, -0.25) is 0 Å². The minimum Gasteiger partial charge on any atom is -0.192 e. The summed E-state index contributed by atoms with van der Waals surface area (Å²) in [4.78, 5) is 0. The first-order valence-corrected chi connectivity index (χ1v) is 8.65. The number of hydrogen-bond donors (Lipinski definition) is 0. The zero-order valence-electron chi connectivity index (χ0n) is 15.4. The lowest BCUT2D eigenvalue weighted by atomic mass is 9.77. The molecule has 0 saturated heterocycles. The molecule has 0 bridgehead atoms. The molecule has 0 spiro atoms.